The number of aryl methyl sites for hydroxylation is 1. The minimum Gasteiger partial charge on any atom is -0.382 e. The van der Waals surface area contributed by atoms with Crippen LogP contribution in [0.5, 0.6) is 0 Å². The number of hydrogen-bond acceptors (Lipinski definition) is 5. The van der Waals surface area contributed by atoms with E-state index >= 15 is 0 Å². The first kappa shape index (κ1) is 25.5. The van der Waals surface area contributed by atoms with Gasteiger partial charge in [0, 0.05) is 39.1 Å². The molecule has 0 radical (unpaired) electrons. The Hall–Kier alpha value is -2.81. The zero-order chi connectivity index (χ0) is 22.2. The zero-order valence-corrected chi connectivity index (χ0v) is 20.9. The number of para-hydroxylation sites is 1. The van der Waals surface area contributed by atoms with Gasteiger partial charge in [-0.3, -0.25) is 9.79 Å². The maximum atomic E-state index is 11.8. The summed E-state index contributed by atoms with van der Waals surface area (Å²) in [6, 6.07) is 11.9. The number of nitrogen functional groups attached to an aromatic ring is 1. The van der Waals surface area contributed by atoms with E-state index in [1.165, 1.54) is 0 Å². The molecule has 0 saturated carbocycles. The van der Waals surface area contributed by atoms with Gasteiger partial charge in [-0.1, -0.05) is 25.1 Å². The number of carbonyl (C=O) groups is 1. The lowest BCUT2D eigenvalue weighted by Crippen LogP contribution is -2.45. The van der Waals surface area contributed by atoms with Gasteiger partial charge in [-0.15, -0.1) is 24.0 Å². The first-order chi connectivity index (χ1) is 15.1. The minimum atomic E-state index is 0. The smallest absolute Gasteiger partial charge is 0.222 e. The standard InChI is InChI=1S/C22H30N8O.HI/c1-3-20(31)29-13-11-16(15-29)27-22(25-2)26-12-7-10-19-18(14-23)21(24)30(28-19)17-8-5-4-6-9-17;/h4-6,8-9,16H,3,7,10-13,15,24H2,1-2H3,(H2,25,26,27);1H. The predicted molar refractivity (Wildman–Crippen MR) is 136 cm³/mol. The Morgan fingerprint density at radius 2 is 2.12 bits per heavy atom. The third-order valence-electron chi connectivity index (χ3n) is 5.40. The molecular formula is C22H31IN8O. The number of aromatic nitrogens is 2. The molecule has 2 heterocycles. The first-order valence-corrected chi connectivity index (χ1v) is 10.6. The van der Waals surface area contributed by atoms with Crippen molar-refractivity contribution in [3.63, 3.8) is 0 Å². The molecular weight excluding hydrogens is 519 g/mol. The summed E-state index contributed by atoms with van der Waals surface area (Å²) in [7, 11) is 1.73. The van der Waals surface area contributed by atoms with E-state index in [0.717, 1.165) is 25.1 Å². The molecule has 9 nitrogen and oxygen atoms in total. The van der Waals surface area contributed by atoms with Crippen LogP contribution >= 0.6 is 24.0 Å². The number of hydrogen-bond donors (Lipinski definition) is 3. The molecule has 1 aromatic carbocycles. The highest BCUT2D eigenvalue weighted by atomic mass is 127. The molecule has 1 atom stereocenters. The normalized spacial score (nSPS) is 15.7. The van der Waals surface area contributed by atoms with Gasteiger partial charge < -0.3 is 21.3 Å². The van der Waals surface area contributed by atoms with Crippen LogP contribution in [-0.4, -0.2) is 59.3 Å². The summed E-state index contributed by atoms with van der Waals surface area (Å²) in [6.45, 7) is 4.05. The van der Waals surface area contributed by atoms with Crippen LogP contribution in [0.1, 0.15) is 37.4 Å². The number of rotatable bonds is 7. The quantitative estimate of drug-likeness (QED) is 0.210. The lowest BCUT2D eigenvalue weighted by atomic mass is 10.1. The molecule has 0 aliphatic carbocycles. The van der Waals surface area contributed by atoms with E-state index < -0.39 is 0 Å². The lowest BCUT2D eigenvalue weighted by molar-refractivity contribution is -0.129. The number of nitriles is 1. The summed E-state index contributed by atoms with van der Waals surface area (Å²) in [4.78, 5) is 18.0. The predicted octanol–water partition coefficient (Wildman–Crippen LogP) is 2.05. The van der Waals surface area contributed by atoms with E-state index in [2.05, 4.69) is 26.8 Å². The van der Waals surface area contributed by atoms with Crippen LogP contribution in [0.25, 0.3) is 5.69 Å². The number of nitrogens with one attached hydrogen (secondary N) is 2. The number of guanidine groups is 1. The Labute approximate surface area is 206 Å². The highest BCUT2D eigenvalue weighted by Gasteiger charge is 2.25. The molecule has 0 bridgehead atoms. The number of carbonyl (C=O) groups excluding carboxylic acids is 1. The molecule has 3 rings (SSSR count). The molecule has 1 aromatic heterocycles. The Balaban J connectivity index is 0.00000363. The van der Waals surface area contributed by atoms with Crippen LogP contribution in [0, 0.1) is 11.3 Å². The molecule has 1 saturated heterocycles. The van der Waals surface area contributed by atoms with Crippen molar-refractivity contribution >= 4 is 41.7 Å². The Morgan fingerprint density at radius 3 is 2.78 bits per heavy atom. The number of anilines is 1. The van der Waals surface area contributed by atoms with Crippen molar-refractivity contribution in [3.05, 3.63) is 41.6 Å². The second kappa shape index (κ2) is 12.3. The second-order valence-corrected chi connectivity index (χ2v) is 7.49. The van der Waals surface area contributed by atoms with E-state index in [-0.39, 0.29) is 35.9 Å². The summed E-state index contributed by atoms with van der Waals surface area (Å²) in [5, 5.41) is 20.8. The number of amides is 1. The lowest BCUT2D eigenvalue weighted by Gasteiger charge is -2.18. The number of benzene rings is 1. The topological polar surface area (TPSA) is 124 Å². The molecule has 1 unspecified atom stereocenters. The van der Waals surface area contributed by atoms with E-state index in [4.69, 9.17) is 5.73 Å². The summed E-state index contributed by atoms with van der Waals surface area (Å²) in [6.07, 6.45) is 2.84. The summed E-state index contributed by atoms with van der Waals surface area (Å²) < 4.78 is 1.62. The van der Waals surface area contributed by atoms with Gasteiger partial charge in [0.1, 0.15) is 17.5 Å². The largest absolute Gasteiger partial charge is 0.382 e. The Bertz CT molecular complexity index is 966. The van der Waals surface area contributed by atoms with Gasteiger partial charge in [-0.05, 0) is 31.4 Å². The van der Waals surface area contributed by atoms with Crippen molar-refractivity contribution in [2.45, 2.75) is 38.6 Å². The summed E-state index contributed by atoms with van der Waals surface area (Å²) in [5.74, 6) is 1.27. The molecule has 1 amide bonds. The van der Waals surface area contributed by atoms with E-state index in [9.17, 15) is 10.1 Å². The molecule has 0 spiro atoms. The molecule has 1 fully saturated rings. The van der Waals surface area contributed by atoms with Crippen molar-refractivity contribution in [1.29, 1.82) is 5.26 Å². The van der Waals surface area contributed by atoms with Crippen molar-refractivity contribution in [1.82, 2.24) is 25.3 Å². The van der Waals surface area contributed by atoms with Crippen LogP contribution in [0.15, 0.2) is 35.3 Å². The van der Waals surface area contributed by atoms with Gasteiger partial charge in [0.15, 0.2) is 5.96 Å². The van der Waals surface area contributed by atoms with Crippen LogP contribution in [0.2, 0.25) is 0 Å². The van der Waals surface area contributed by atoms with Gasteiger partial charge in [-0.2, -0.15) is 10.4 Å². The molecule has 1 aliphatic heterocycles. The fourth-order valence-electron chi connectivity index (χ4n) is 3.72. The summed E-state index contributed by atoms with van der Waals surface area (Å²) in [5.41, 5.74) is 8.11. The molecule has 172 valence electrons. The maximum absolute atomic E-state index is 11.8. The average molecular weight is 550 g/mol. The Kier molecular flexibility index (Phi) is 9.77. The Morgan fingerprint density at radius 1 is 1.38 bits per heavy atom. The van der Waals surface area contributed by atoms with Crippen molar-refractivity contribution < 1.29 is 4.79 Å². The van der Waals surface area contributed by atoms with Crippen molar-refractivity contribution in [2.75, 3.05) is 32.4 Å². The zero-order valence-electron chi connectivity index (χ0n) is 18.5. The molecule has 32 heavy (non-hydrogen) atoms. The third kappa shape index (κ3) is 6.12. The summed E-state index contributed by atoms with van der Waals surface area (Å²) >= 11 is 0. The van der Waals surface area contributed by atoms with Crippen molar-refractivity contribution in [3.8, 4) is 11.8 Å². The number of nitrogens with two attached hydrogens (primary N) is 1. The van der Waals surface area contributed by atoms with E-state index in [1.807, 2.05) is 42.2 Å². The SMILES string of the molecule is CCC(=O)N1CCC(NC(=NC)NCCCc2nn(-c3ccccc3)c(N)c2C#N)C1.I. The van der Waals surface area contributed by atoms with Gasteiger partial charge in [0.05, 0.1) is 11.4 Å². The number of likely N-dealkylation sites (tertiary alicyclic amines) is 1. The number of nitrogens with zero attached hydrogens (tertiary/aromatic N) is 5. The van der Waals surface area contributed by atoms with Crippen LogP contribution in [0.3, 0.4) is 0 Å². The fourth-order valence-corrected chi connectivity index (χ4v) is 3.72. The van der Waals surface area contributed by atoms with E-state index in [1.54, 1.807) is 11.7 Å². The van der Waals surface area contributed by atoms with Gasteiger partial charge in [0.2, 0.25) is 5.91 Å². The number of halogens is 1. The molecule has 4 N–H and O–H groups in total. The van der Waals surface area contributed by atoms with Crippen LogP contribution < -0.4 is 16.4 Å². The number of aliphatic imine (C=N–C) groups is 1. The second-order valence-electron chi connectivity index (χ2n) is 7.49. The highest BCUT2D eigenvalue weighted by molar-refractivity contribution is 14.0. The maximum Gasteiger partial charge on any atom is 0.222 e. The highest BCUT2D eigenvalue weighted by Crippen LogP contribution is 2.21. The van der Waals surface area contributed by atoms with E-state index in [0.29, 0.717) is 49.0 Å². The van der Waals surface area contributed by atoms with Crippen LogP contribution in [-0.2, 0) is 11.2 Å². The van der Waals surface area contributed by atoms with Gasteiger partial charge >= 0.3 is 0 Å². The van der Waals surface area contributed by atoms with Gasteiger partial charge in [0.25, 0.3) is 0 Å². The van der Waals surface area contributed by atoms with Gasteiger partial charge in [-0.25, -0.2) is 4.68 Å². The first-order valence-electron chi connectivity index (χ1n) is 10.6. The molecule has 1 aliphatic rings. The van der Waals surface area contributed by atoms with Crippen molar-refractivity contribution in [2.24, 2.45) is 4.99 Å². The third-order valence-corrected chi connectivity index (χ3v) is 5.40. The molecule has 10 heteroatoms. The molecule has 2 aromatic rings. The van der Waals surface area contributed by atoms with Crippen LogP contribution in [0.4, 0.5) is 5.82 Å². The fraction of sp³-hybridized carbons (Fsp3) is 0.455. The monoisotopic (exact) mass is 550 g/mol. The minimum absolute atomic E-state index is 0. The average Bonchev–Trinajstić information content (AvgIpc) is 3.39.